The number of likely N-dealkylation sites (tertiary alicyclic amines) is 1. The fraction of sp³-hybridized carbons (Fsp3) is 0.478. The molecule has 2 heterocycles. The summed E-state index contributed by atoms with van der Waals surface area (Å²) in [5, 5.41) is 0. The van der Waals surface area contributed by atoms with Crippen molar-refractivity contribution in [1.82, 2.24) is 9.80 Å². The summed E-state index contributed by atoms with van der Waals surface area (Å²) in [4.78, 5) is 28.6. The molecular weight excluding hydrogens is 384 g/mol. The minimum Gasteiger partial charge on any atom is -0.467 e. The predicted octanol–water partition coefficient (Wildman–Crippen LogP) is 4.82. The van der Waals surface area contributed by atoms with E-state index in [2.05, 4.69) is 0 Å². The van der Waals surface area contributed by atoms with E-state index < -0.39 is 5.60 Å². The molecule has 0 unspecified atom stereocenters. The van der Waals surface area contributed by atoms with Gasteiger partial charge >= 0.3 is 12.2 Å². The van der Waals surface area contributed by atoms with Crippen LogP contribution in [0.2, 0.25) is 0 Å². The lowest BCUT2D eigenvalue weighted by Gasteiger charge is -2.38. The van der Waals surface area contributed by atoms with E-state index >= 15 is 0 Å². The maximum Gasteiger partial charge on any atom is 0.410 e. The quantitative estimate of drug-likeness (QED) is 0.701. The van der Waals surface area contributed by atoms with Crippen molar-refractivity contribution in [3.05, 3.63) is 60.1 Å². The van der Waals surface area contributed by atoms with Crippen molar-refractivity contribution in [2.24, 2.45) is 0 Å². The number of hydrogen-bond donors (Lipinski definition) is 0. The molecule has 7 heteroatoms. The van der Waals surface area contributed by atoms with Crippen LogP contribution in [0.25, 0.3) is 0 Å². The van der Waals surface area contributed by atoms with Gasteiger partial charge in [-0.05, 0) is 51.3 Å². The Kier molecular flexibility index (Phi) is 7.03. The number of ether oxygens (including phenoxy) is 2. The average Bonchev–Trinajstić information content (AvgIpc) is 3.23. The van der Waals surface area contributed by atoms with Gasteiger partial charge in [-0.25, -0.2) is 9.59 Å². The number of amides is 2. The van der Waals surface area contributed by atoms with Crippen molar-refractivity contribution in [2.45, 2.75) is 58.4 Å². The van der Waals surface area contributed by atoms with Gasteiger partial charge in [0.1, 0.15) is 18.0 Å². The van der Waals surface area contributed by atoms with Crippen LogP contribution in [0.4, 0.5) is 9.59 Å². The highest BCUT2D eigenvalue weighted by molar-refractivity contribution is 5.69. The molecule has 0 bridgehead atoms. The van der Waals surface area contributed by atoms with Crippen LogP contribution in [-0.2, 0) is 22.6 Å². The van der Waals surface area contributed by atoms with Crippen molar-refractivity contribution < 1.29 is 23.5 Å². The van der Waals surface area contributed by atoms with E-state index in [0.29, 0.717) is 38.2 Å². The van der Waals surface area contributed by atoms with Gasteiger partial charge in [0.05, 0.1) is 12.8 Å². The zero-order valence-electron chi connectivity index (χ0n) is 17.9. The maximum absolute atomic E-state index is 12.9. The van der Waals surface area contributed by atoms with Crippen LogP contribution in [0, 0.1) is 0 Å². The molecule has 1 fully saturated rings. The molecule has 1 aliphatic rings. The maximum atomic E-state index is 12.9. The lowest BCUT2D eigenvalue weighted by Crippen LogP contribution is -2.49. The lowest BCUT2D eigenvalue weighted by atomic mass is 10.0. The van der Waals surface area contributed by atoms with Crippen molar-refractivity contribution in [1.29, 1.82) is 0 Å². The second-order valence-electron chi connectivity index (χ2n) is 8.45. The summed E-state index contributed by atoms with van der Waals surface area (Å²) >= 11 is 0. The van der Waals surface area contributed by atoms with Crippen molar-refractivity contribution in [2.75, 3.05) is 13.1 Å². The third kappa shape index (κ3) is 6.27. The molecule has 1 aromatic heterocycles. The number of benzene rings is 1. The number of rotatable bonds is 5. The molecule has 0 radical (unpaired) electrons. The Hall–Kier alpha value is -2.96. The molecule has 3 rings (SSSR count). The Morgan fingerprint density at radius 1 is 1.10 bits per heavy atom. The summed E-state index contributed by atoms with van der Waals surface area (Å²) in [7, 11) is 0. The van der Waals surface area contributed by atoms with E-state index in [0.717, 1.165) is 5.56 Å². The molecule has 1 saturated heterocycles. The molecule has 7 nitrogen and oxygen atoms in total. The Balaban J connectivity index is 1.61. The van der Waals surface area contributed by atoms with Crippen LogP contribution >= 0.6 is 0 Å². The number of furan rings is 1. The normalized spacial score (nSPS) is 15.0. The minimum absolute atomic E-state index is 0.0444. The van der Waals surface area contributed by atoms with Crippen LogP contribution in [0.5, 0.6) is 0 Å². The fourth-order valence-electron chi connectivity index (χ4n) is 3.40. The van der Waals surface area contributed by atoms with Gasteiger partial charge in [0.25, 0.3) is 0 Å². The van der Waals surface area contributed by atoms with Crippen LogP contribution < -0.4 is 0 Å². The van der Waals surface area contributed by atoms with Crippen LogP contribution in [0.1, 0.15) is 44.9 Å². The molecule has 0 N–H and O–H groups in total. The standard InChI is InChI=1S/C23H30N2O5/c1-23(2,3)30-21(26)24-13-11-19(12-14-24)25(16-20-10-7-15-28-20)22(27)29-17-18-8-5-4-6-9-18/h4-10,15,19H,11-14,16-17H2,1-3H3. The summed E-state index contributed by atoms with van der Waals surface area (Å²) in [5.41, 5.74) is 0.407. The summed E-state index contributed by atoms with van der Waals surface area (Å²) in [6.45, 7) is 7.16. The highest BCUT2D eigenvalue weighted by atomic mass is 16.6. The first-order valence-corrected chi connectivity index (χ1v) is 10.3. The molecular formula is C23H30N2O5. The summed E-state index contributed by atoms with van der Waals surface area (Å²) in [6.07, 6.45) is 2.20. The van der Waals surface area contributed by atoms with Crippen molar-refractivity contribution in [3.8, 4) is 0 Å². The van der Waals surface area contributed by atoms with E-state index in [9.17, 15) is 9.59 Å². The monoisotopic (exact) mass is 414 g/mol. The van der Waals surface area contributed by atoms with Gasteiger partial charge in [-0.1, -0.05) is 30.3 Å². The Morgan fingerprint density at radius 2 is 1.80 bits per heavy atom. The molecule has 0 spiro atoms. The van der Waals surface area contributed by atoms with Gasteiger partial charge < -0.3 is 18.8 Å². The number of carbonyl (C=O) groups is 2. The van der Waals surface area contributed by atoms with Crippen LogP contribution in [-0.4, -0.2) is 46.7 Å². The second kappa shape index (κ2) is 9.69. The number of nitrogens with zero attached hydrogens (tertiary/aromatic N) is 2. The highest BCUT2D eigenvalue weighted by Gasteiger charge is 2.32. The molecule has 1 aromatic carbocycles. The van der Waals surface area contributed by atoms with E-state index in [1.54, 1.807) is 22.1 Å². The molecule has 162 valence electrons. The number of piperidine rings is 1. The third-order valence-corrected chi connectivity index (χ3v) is 4.90. The van der Waals surface area contributed by atoms with Gasteiger partial charge in [-0.2, -0.15) is 0 Å². The topological polar surface area (TPSA) is 72.2 Å². The zero-order valence-corrected chi connectivity index (χ0v) is 17.9. The zero-order chi connectivity index (χ0) is 21.6. The van der Waals surface area contributed by atoms with Crippen molar-refractivity contribution >= 4 is 12.2 Å². The van der Waals surface area contributed by atoms with E-state index in [1.807, 2.05) is 57.2 Å². The molecule has 0 atom stereocenters. The third-order valence-electron chi connectivity index (χ3n) is 4.90. The van der Waals surface area contributed by atoms with Gasteiger partial charge in [0, 0.05) is 19.1 Å². The second-order valence-corrected chi connectivity index (χ2v) is 8.45. The minimum atomic E-state index is -0.527. The first-order chi connectivity index (χ1) is 14.3. The largest absolute Gasteiger partial charge is 0.467 e. The van der Waals surface area contributed by atoms with E-state index in [-0.39, 0.29) is 24.8 Å². The SMILES string of the molecule is CC(C)(C)OC(=O)N1CCC(N(Cc2ccco2)C(=O)OCc2ccccc2)CC1. The Morgan fingerprint density at radius 3 is 2.40 bits per heavy atom. The average molecular weight is 415 g/mol. The lowest BCUT2D eigenvalue weighted by molar-refractivity contribution is 0.0121. The summed E-state index contributed by atoms with van der Waals surface area (Å²) in [5.74, 6) is 0.696. The summed E-state index contributed by atoms with van der Waals surface area (Å²) < 4.78 is 16.5. The Labute approximate surface area is 177 Å². The summed E-state index contributed by atoms with van der Waals surface area (Å²) in [6, 6.07) is 13.2. The molecule has 0 saturated carbocycles. The fourth-order valence-corrected chi connectivity index (χ4v) is 3.40. The van der Waals surface area contributed by atoms with Gasteiger partial charge in [-0.3, -0.25) is 4.90 Å². The molecule has 1 aliphatic heterocycles. The smallest absolute Gasteiger partial charge is 0.410 e. The predicted molar refractivity (Wildman–Crippen MR) is 112 cm³/mol. The van der Waals surface area contributed by atoms with Crippen LogP contribution in [0.15, 0.2) is 53.1 Å². The van der Waals surface area contributed by atoms with Gasteiger partial charge in [-0.15, -0.1) is 0 Å². The highest BCUT2D eigenvalue weighted by Crippen LogP contribution is 2.22. The number of hydrogen-bond acceptors (Lipinski definition) is 5. The molecule has 0 aliphatic carbocycles. The van der Waals surface area contributed by atoms with Crippen LogP contribution in [0.3, 0.4) is 0 Å². The van der Waals surface area contributed by atoms with Gasteiger partial charge in [0.2, 0.25) is 0 Å². The molecule has 2 amide bonds. The number of carbonyl (C=O) groups excluding carboxylic acids is 2. The van der Waals surface area contributed by atoms with Gasteiger partial charge in [0.15, 0.2) is 0 Å². The van der Waals surface area contributed by atoms with E-state index in [1.165, 1.54) is 0 Å². The Bertz CT molecular complexity index is 806. The first-order valence-electron chi connectivity index (χ1n) is 10.3. The molecule has 30 heavy (non-hydrogen) atoms. The molecule has 2 aromatic rings. The van der Waals surface area contributed by atoms with E-state index in [4.69, 9.17) is 13.9 Å². The first kappa shape index (κ1) is 21.7. The van der Waals surface area contributed by atoms with Crippen molar-refractivity contribution in [3.63, 3.8) is 0 Å².